The van der Waals surface area contributed by atoms with E-state index < -0.39 is 0 Å². The number of hydrogen-bond acceptors (Lipinski definition) is 2. The molecule has 0 aliphatic rings. The molecule has 76 valence electrons. The van der Waals surface area contributed by atoms with Gasteiger partial charge in [0.1, 0.15) is 5.75 Å². The Kier molecular flexibility index (Phi) is 4.20. The molecule has 0 aliphatic heterocycles. The first-order valence-corrected chi connectivity index (χ1v) is 4.74. The summed E-state index contributed by atoms with van der Waals surface area (Å²) in [6.07, 6.45) is 0.962. The fraction of sp³-hybridized carbons (Fsp3) is 0.333. The van der Waals surface area contributed by atoms with Crippen LogP contribution in [-0.2, 0) is 0 Å². The van der Waals surface area contributed by atoms with Gasteiger partial charge in [0, 0.05) is 0 Å². The third-order valence-corrected chi connectivity index (χ3v) is 2.15. The second-order valence-corrected chi connectivity index (χ2v) is 3.19. The van der Waals surface area contributed by atoms with Crippen molar-refractivity contribution in [2.24, 2.45) is 0 Å². The number of benzene rings is 1. The summed E-state index contributed by atoms with van der Waals surface area (Å²) >= 11 is 0. The van der Waals surface area contributed by atoms with Crippen molar-refractivity contribution < 1.29 is 4.74 Å². The molecule has 0 amide bonds. The second-order valence-electron chi connectivity index (χ2n) is 3.19. The Morgan fingerprint density at radius 2 is 2.29 bits per heavy atom. The Morgan fingerprint density at radius 1 is 1.50 bits per heavy atom. The van der Waals surface area contributed by atoms with E-state index in [9.17, 15) is 0 Å². The zero-order valence-electron chi connectivity index (χ0n) is 8.84. The van der Waals surface area contributed by atoms with Gasteiger partial charge in [0.15, 0.2) is 0 Å². The van der Waals surface area contributed by atoms with Gasteiger partial charge in [-0.2, -0.15) is 0 Å². The maximum Gasteiger partial charge on any atom is 0.119 e. The smallest absolute Gasteiger partial charge is 0.119 e. The molecule has 0 fully saturated rings. The van der Waals surface area contributed by atoms with Crippen LogP contribution in [0.4, 0.5) is 0 Å². The molecule has 0 bridgehead atoms. The van der Waals surface area contributed by atoms with Crippen molar-refractivity contribution in [1.82, 2.24) is 5.32 Å². The second kappa shape index (κ2) is 5.45. The maximum atomic E-state index is 5.15. The topological polar surface area (TPSA) is 21.3 Å². The summed E-state index contributed by atoms with van der Waals surface area (Å²) in [6.45, 7) is 5.00. The highest BCUT2D eigenvalue weighted by Gasteiger charge is 1.99. The zero-order chi connectivity index (χ0) is 10.4. The average molecular weight is 191 g/mol. The van der Waals surface area contributed by atoms with Crippen LogP contribution in [0.25, 0.3) is 5.57 Å². The molecule has 2 nitrogen and oxygen atoms in total. The molecule has 0 unspecified atom stereocenters. The van der Waals surface area contributed by atoms with Crippen LogP contribution in [0.15, 0.2) is 30.8 Å². The van der Waals surface area contributed by atoms with Gasteiger partial charge in [-0.15, -0.1) is 0 Å². The lowest BCUT2D eigenvalue weighted by Crippen LogP contribution is -2.07. The summed E-state index contributed by atoms with van der Waals surface area (Å²) in [5.74, 6) is 0.883. The van der Waals surface area contributed by atoms with Crippen molar-refractivity contribution in [3.8, 4) is 5.75 Å². The minimum atomic E-state index is 0.883. The van der Waals surface area contributed by atoms with Crippen molar-refractivity contribution in [3.63, 3.8) is 0 Å². The van der Waals surface area contributed by atoms with Crippen LogP contribution in [0.2, 0.25) is 0 Å². The van der Waals surface area contributed by atoms with Gasteiger partial charge in [-0.05, 0) is 43.3 Å². The molecule has 1 N–H and O–H groups in total. The number of methoxy groups -OCH3 is 1. The summed E-state index contributed by atoms with van der Waals surface area (Å²) in [6, 6.07) is 7.99. The van der Waals surface area contributed by atoms with Crippen molar-refractivity contribution in [3.05, 3.63) is 36.4 Å². The minimum absolute atomic E-state index is 0.883. The first-order valence-electron chi connectivity index (χ1n) is 4.74. The van der Waals surface area contributed by atoms with Gasteiger partial charge in [0.25, 0.3) is 0 Å². The summed E-state index contributed by atoms with van der Waals surface area (Å²) in [5, 5.41) is 3.10. The Bertz CT molecular complexity index is 307. The number of nitrogens with one attached hydrogen (secondary N) is 1. The molecule has 14 heavy (non-hydrogen) atoms. The molecule has 2 heteroatoms. The first-order chi connectivity index (χ1) is 6.77. The Hall–Kier alpha value is -1.28. The molecule has 0 saturated carbocycles. The van der Waals surface area contributed by atoms with E-state index in [4.69, 9.17) is 4.74 Å². The molecule has 0 heterocycles. The van der Waals surface area contributed by atoms with E-state index in [0.717, 1.165) is 29.9 Å². The van der Waals surface area contributed by atoms with Crippen molar-refractivity contribution >= 4 is 5.57 Å². The average Bonchev–Trinajstić information content (AvgIpc) is 2.26. The van der Waals surface area contributed by atoms with Gasteiger partial charge in [0.2, 0.25) is 0 Å². The highest BCUT2D eigenvalue weighted by Crippen LogP contribution is 2.20. The van der Waals surface area contributed by atoms with Gasteiger partial charge in [0.05, 0.1) is 7.11 Å². The summed E-state index contributed by atoms with van der Waals surface area (Å²) in [4.78, 5) is 0. The van der Waals surface area contributed by atoms with E-state index in [1.807, 2.05) is 25.2 Å². The first kappa shape index (κ1) is 10.8. The molecule has 0 aliphatic carbocycles. The van der Waals surface area contributed by atoms with E-state index in [0.29, 0.717) is 0 Å². The molecular weight excluding hydrogens is 174 g/mol. The maximum absolute atomic E-state index is 5.15. The Morgan fingerprint density at radius 3 is 2.93 bits per heavy atom. The van der Waals surface area contributed by atoms with Gasteiger partial charge in [-0.25, -0.2) is 0 Å². The minimum Gasteiger partial charge on any atom is -0.497 e. The van der Waals surface area contributed by atoms with Crippen molar-refractivity contribution in [2.45, 2.75) is 6.42 Å². The molecule has 0 radical (unpaired) electrons. The summed E-state index contributed by atoms with van der Waals surface area (Å²) < 4.78 is 5.15. The van der Waals surface area contributed by atoms with Crippen LogP contribution in [0.1, 0.15) is 12.0 Å². The molecular formula is C12H17NO. The van der Waals surface area contributed by atoms with Gasteiger partial charge in [-0.1, -0.05) is 18.7 Å². The van der Waals surface area contributed by atoms with Gasteiger partial charge >= 0.3 is 0 Å². The van der Waals surface area contributed by atoms with Crippen LogP contribution in [0, 0.1) is 0 Å². The van der Waals surface area contributed by atoms with E-state index >= 15 is 0 Å². The Balaban J connectivity index is 2.69. The number of hydrogen-bond donors (Lipinski definition) is 1. The van der Waals surface area contributed by atoms with Crippen LogP contribution in [0.5, 0.6) is 5.75 Å². The predicted octanol–water partition coefficient (Wildman–Crippen LogP) is 2.32. The fourth-order valence-corrected chi connectivity index (χ4v) is 1.26. The molecule has 0 spiro atoms. The van der Waals surface area contributed by atoms with Crippen molar-refractivity contribution in [2.75, 3.05) is 20.7 Å². The third-order valence-electron chi connectivity index (χ3n) is 2.15. The third kappa shape index (κ3) is 2.89. The van der Waals surface area contributed by atoms with Crippen LogP contribution >= 0.6 is 0 Å². The molecule has 1 aromatic rings. The van der Waals surface area contributed by atoms with Crippen molar-refractivity contribution in [1.29, 1.82) is 0 Å². The molecule has 1 rings (SSSR count). The molecule has 0 aromatic heterocycles. The monoisotopic (exact) mass is 191 g/mol. The lowest BCUT2D eigenvalue weighted by molar-refractivity contribution is 0.414. The zero-order valence-corrected chi connectivity index (χ0v) is 8.84. The SMILES string of the molecule is C=C(CCNC)c1cccc(OC)c1. The summed E-state index contributed by atoms with van der Waals surface area (Å²) in [5.41, 5.74) is 2.29. The largest absolute Gasteiger partial charge is 0.497 e. The highest BCUT2D eigenvalue weighted by atomic mass is 16.5. The molecule has 0 saturated heterocycles. The van der Waals surface area contributed by atoms with E-state index in [-0.39, 0.29) is 0 Å². The lowest BCUT2D eigenvalue weighted by Gasteiger charge is -2.07. The standard InChI is InChI=1S/C12H17NO/c1-10(7-8-13-2)11-5-4-6-12(9-11)14-3/h4-6,9,13H,1,7-8H2,2-3H3. The predicted molar refractivity (Wildman–Crippen MR) is 60.6 cm³/mol. The number of rotatable bonds is 5. The van der Waals surface area contributed by atoms with Crippen LogP contribution in [0.3, 0.4) is 0 Å². The van der Waals surface area contributed by atoms with E-state index in [2.05, 4.69) is 18.0 Å². The normalized spacial score (nSPS) is 9.86. The summed E-state index contributed by atoms with van der Waals surface area (Å²) in [7, 11) is 3.62. The number of ether oxygens (including phenoxy) is 1. The molecule has 1 aromatic carbocycles. The quantitative estimate of drug-likeness (QED) is 0.771. The van der Waals surface area contributed by atoms with Gasteiger partial charge in [-0.3, -0.25) is 0 Å². The van der Waals surface area contributed by atoms with E-state index in [1.54, 1.807) is 7.11 Å². The van der Waals surface area contributed by atoms with Crippen LogP contribution < -0.4 is 10.1 Å². The Labute approximate surface area is 85.6 Å². The molecule has 0 atom stereocenters. The lowest BCUT2D eigenvalue weighted by atomic mass is 10.0. The fourth-order valence-electron chi connectivity index (χ4n) is 1.26. The van der Waals surface area contributed by atoms with Crippen LogP contribution in [-0.4, -0.2) is 20.7 Å². The van der Waals surface area contributed by atoms with Gasteiger partial charge < -0.3 is 10.1 Å². The van der Waals surface area contributed by atoms with E-state index in [1.165, 1.54) is 0 Å². The highest BCUT2D eigenvalue weighted by molar-refractivity contribution is 5.64.